The van der Waals surface area contributed by atoms with Crippen LogP contribution in [0.5, 0.6) is 5.75 Å². The number of aliphatic hydroxyl groups is 1. The monoisotopic (exact) mass is 356 g/mol. The molecular formula is C21H28N2O3. The zero-order valence-electron chi connectivity index (χ0n) is 15.3. The number of ether oxygens (including phenoxy) is 1. The van der Waals surface area contributed by atoms with Gasteiger partial charge in [-0.05, 0) is 48.9 Å². The van der Waals surface area contributed by atoms with Crippen LogP contribution in [0.2, 0.25) is 0 Å². The van der Waals surface area contributed by atoms with Gasteiger partial charge in [-0.25, -0.2) is 0 Å². The van der Waals surface area contributed by atoms with E-state index in [9.17, 15) is 9.90 Å². The predicted molar refractivity (Wildman–Crippen MR) is 97.8 cm³/mol. The van der Waals surface area contributed by atoms with Gasteiger partial charge in [0.25, 0.3) is 0 Å². The molecule has 1 N–H and O–H groups in total. The van der Waals surface area contributed by atoms with Crippen molar-refractivity contribution in [3.63, 3.8) is 0 Å². The Labute approximate surface area is 154 Å². The quantitative estimate of drug-likeness (QED) is 0.892. The van der Waals surface area contributed by atoms with E-state index in [2.05, 4.69) is 28.0 Å². The Bertz CT molecular complexity index is 717. The van der Waals surface area contributed by atoms with E-state index in [1.54, 1.807) is 0 Å². The highest BCUT2D eigenvalue weighted by molar-refractivity contribution is 5.81. The molecule has 5 rings (SSSR count). The van der Waals surface area contributed by atoms with Crippen LogP contribution in [0.25, 0.3) is 0 Å². The van der Waals surface area contributed by atoms with Crippen LogP contribution in [0.3, 0.4) is 0 Å². The van der Waals surface area contributed by atoms with E-state index in [0.29, 0.717) is 11.8 Å². The van der Waals surface area contributed by atoms with Gasteiger partial charge in [0, 0.05) is 43.9 Å². The Balaban J connectivity index is 1.29. The fraction of sp³-hybridized carbons (Fsp3) is 0.667. The largest absolute Gasteiger partial charge is 0.493 e. The standard InChI is InChI=1S/C21H28N2O3/c24-14-21-12-22(10-15-1-4-19-17(9-15)6-8-26-19)7-5-18(21)11-23(13-21)20(25)16-2-3-16/h1,4,9,16,18,24H,2-3,5-8,10-14H2. The lowest BCUT2D eigenvalue weighted by molar-refractivity contribution is -0.132. The number of aliphatic hydroxyl groups excluding tert-OH is 1. The predicted octanol–water partition coefficient (Wildman–Crippen LogP) is 1.67. The first kappa shape index (κ1) is 16.6. The van der Waals surface area contributed by atoms with Crippen LogP contribution in [0.15, 0.2) is 18.2 Å². The van der Waals surface area contributed by atoms with Crippen molar-refractivity contribution in [3.05, 3.63) is 29.3 Å². The van der Waals surface area contributed by atoms with E-state index in [1.807, 2.05) is 0 Å². The minimum Gasteiger partial charge on any atom is -0.493 e. The molecule has 1 amide bonds. The highest BCUT2D eigenvalue weighted by atomic mass is 16.5. The third-order valence-corrected chi connectivity index (χ3v) is 6.86. The Hall–Kier alpha value is -1.59. The van der Waals surface area contributed by atoms with Crippen LogP contribution in [-0.2, 0) is 17.8 Å². The van der Waals surface area contributed by atoms with Gasteiger partial charge in [-0.2, -0.15) is 0 Å². The molecule has 3 heterocycles. The fourth-order valence-electron chi connectivity index (χ4n) is 5.19. The molecule has 2 atom stereocenters. The zero-order chi connectivity index (χ0) is 17.7. The number of piperidine rings is 1. The Morgan fingerprint density at radius 3 is 2.96 bits per heavy atom. The third-order valence-electron chi connectivity index (χ3n) is 6.86. The van der Waals surface area contributed by atoms with Gasteiger partial charge in [0.2, 0.25) is 5.91 Å². The van der Waals surface area contributed by atoms with E-state index in [0.717, 1.165) is 70.8 Å². The molecule has 1 saturated carbocycles. The van der Waals surface area contributed by atoms with Crippen LogP contribution in [0.1, 0.15) is 30.4 Å². The van der Waals surface area contributed by atoms with Gasteiger partial charge in [0.15, 0.2) is 0 Å². The number of likely N-dealkylation sites (tertiary alicyclic amines) is 2. The minimum absolute atomic E-state index is 0.136. The highest BCUT2D eigenvalue weighted by Crippen LogP contribution is 2.44. The van der Waals surface area contributed by atoms with E-state index in [1.165, 1.54) is 11.1 Å². The molecule has 140 valence electrons. The average Bonchev–Trinajstić information content (AvgIpc) is 3.27. The fourth-order valence-corrected chi connectivity index (χ4v) is 5.19. The molecule has 2 unspecified atom stereocenters. The minimum atomic E-state index is -0.136. The van der Waals surface area contributed by atoms with Crippen LogP contribution in [-0.4, -0.2) is 60.2 Å². The van der Waals surface area contributed by atoms with Crippen molar-refractivity contribution in [2.45, 2.75) is 32.2 Å². The second-order valence-electron chi connectivity index (χ2n) is 8.75. The molecule has 5 nitrogen and oxygen atoms in total. The van der Waals surface area contributed by atoms with E-state index in [-0.39, 0.29) is 17.9 Å². The first-order valence-electron chi connectivity index (χ1n) is 10.0. The molecule has 4 aliphatic rings. The summed E-state index contributed by atoms with van der Waals surface area (Å²) in [6.07, 6.45) is 4.19. The van der Waals surface area contributed by atoms with Gasteiger partial charge in [-0.3, -0.25) is 9.69 Å². The molecular weight excluding hydrogens is 328 g/mol. The first-order chi connectivity index (χ1) is 12.7. The van der Waals surface area contributed by atoms with Gasteiger partial charge in [0.05, 0.1) is 13.2 Å². The normalized spacial score (nSPS) is 30.8. The molecule has 1 aromatic rings. The Kier molecular flexibility index (Phi) is 3.98. The summed E-state index contributed by atoms with van der Waals surface area (Å²) >= 11 is 0. The molecule has 0 bridgehead atoms. The van der Waals surface area contributed by atoms with Crippen LogP contribution in [0.4, 0.5) is 0 Å². The number of hydrogen-bond acceptors (Lipinski definition) is 4. The topological polar surface area (TPSA) is 53.0 Å². The van der Waals surface area contributed by atoms with Gasteiger partial charge in [-0.15, -0.1) is 0 Å². The van der Waals surface area contributed by atoms with E-state index in [4.69, 9.17) is 4.74 Å². The summed E-state index contributed by atoms with van der Waals surface area (Å²) in [5, 5.41) is 10.2. The van der Waals surface area contributed by atoms with Crippen molar-refractivity contribution in [1.82, 2.24) is 9.80 Å². The smallest absolute Gasteiger partial charge is 0.225 e. The lowest BCUT2D eigenvalue weighted by Gasteiger charge is -2.43. The van der Waals surface area contributed by atoms with E-state index < -0.39 is 0 Å². The van der Waals surface area contributed by atoms with Crippen molar-refractivity contribution >= 4 is 5.91 Å². The summed E-state index contributed by atoms with van der Waals surface area (Å²) in [5.74, 6) is 2.08. The van der Waals surface area contributed by atoms with Crippen LogP contribution >= 0.6 is 0 Å². The molecule has 1 aromatic carbocycles. The summed E-state index contributed by atoms with van der Waals surface area (Å²) in [7, 11) is 0. The number of carbonyl (C=O) groups excluding carboxylic acids is 1. The summed E-state index contributed by atoms with van der Waals surface area (Å²) in [6.45, 7) is 5.40. The van der Waals surface area contributed by atoms with Crippen molar-refractivity contribution in [3.8, 4) is 5.75 Å². The number of fused-ring (bicyclic) bond motifs is 2. The number of benzene rings is 1. The molecule has 0 spiro atoms. The molecule has 2 saturated heterocycles. The highest BCUT2D eigenvalue weighted by Gasteiger charge is 2.51. The summed E-state index contributed by atoms with van der Waals surface area (Å²) in [4.78, 5) is 17.0. The molecule has 0 aromatic heterocycles. The van der Waals surface area contributed by atoms with Crippen LogP contribution in [0, 0.1) is 17.3 Å². The number of hydrogen-bond donors (Lipinski definition) is 1. The van der Waals surface area contributed by atoms with Crippen molar-refractivity contribution < 1.29 is 14.6 Å². The van der Waals surface area contributed by atoms with Crippen molar-refractivity contribution in [2.24, 2.45) is 17.3 Å². The molecule has 3 fully saturated rings. The maximum absolute atomic E-state index is 12.5. The maximum Gasteiger partial charge on any atom is 0.225 e. The number of rotatable bonds is 4. The SMILES string of the molecule is O=C(C1CC1)N1CC2CCN(Cc3ccc4c(c3)CCO4)CC2(CO)C1. The maximum atomic E-state index is 12.5. The van der Waals surface area contributed by atoms with Gasteiger partial charge in [0.1, 0.15) is 5.75 Å². The third kappa shape index (κ3) is 2.81. The zero-order valence-corrected chi connectivity index (χ0v) is 15.3. The lowest BCUT2D eigenvalue weighted by atomic mass is 9.74. The molecule has 3 aliphatic heterocycles. The van der Waals surface area contributed by atoms with Crippen LogP contribution < -0.4 is 4.74 Å². The Morgan fingerprint density at radius 2 is 2.15 bits per heavy atom. The number of carbonyl (C=O) groups is 1. The van der Waals surface area contributed by atoms with Gasteiger partial charge in [-0.1, -0.05) is 12.1 Å². The second kappa shape index (κ2) is 6.24. The molecule has 0 radical (unpaired) electrons. The summed E-state index contributed by atoms with van der Waals surface area (Å²) < 4.78 is 5.61. The first-order valence-corrected chi connectivity index (χ1v) is 10.0. The lowest BCUT2D eigenvalue weighted by Crippen LogP contribution is -2.50. The second-order valence-corrected chi connectivity index (χ2v) is 8.75. The van der Waals surface area contributed by atoms with Gasteiger partial charge < -0.3 is 14.7 Å². The van der Waals surface area contributed by atoms with Gasteiger partial charge >= 0.3 is 0 Å². The molecule has 1 aliphatic carbocycles. The average molecular weight is 356 g/mol. The number of amides is 1. The van der Waals surface area contributed by atoms with E-state index >= 15 is 0 Å². The summed E-state index contributed by atoms with van der Waals surface area (Å²) in [5.41, 5.74) is 2.50. The number of nitrogens with zero attached hydrogens (tertiary/aromatic N) is 2. The Morgan fingerprint density at radius 1 is 1.27 bits per heavy atom. The van der Waals surface area contributed by atoms with Crippen molar-refractivity contribution in [2.75, 3.05) is 39.4 Å². The van der Waals surface area contributed by atoms with Crippen molar-refractivity contribution in [1.29, 1.82) is 0 Å². The summed E-state index contributed by atoms with van der Waals surface area (Å²) in [6, 6.07) is 6.54. The molecule has 26 heavy (non-hydrogen) atoms. The molecule has 5 heteroatoms.